The highest BCUT2D eigenvalue weighted by molar-refractivity contribution is 7.80. The molecule has 0 saturated heterocycles. The molecule has 2 N–H and O–H groups in total. The van der Waals surface area contributed by atoms with Gasteiger partial charge in [0.25, 0.3) is 0 Å². The minimum absolute atomic E-state index is 0.246. The van der Waals surface area contributed by atoms with Crippen LogP contribution in [0.1, 0.15) is 24.5 Å². The van der Waals surface area contributed by atoms with Crippen LogP contribution in [-0.2, 0) is 12.6 Å². The molecule has 0 aromatic heterocycles. The lowest BCUT2D eigenvalue weighted by Gasteiger charge is -2.18. The lowest BCUT2D eigenvalue weighted by atomic mass is 9.97. The Morgan fingerprint density at radius 1 is 1.15 bits per heavy atom. The Kier molecular flexibility index (Phi) is 7.29. The Bertz CT molecular complexity index is 735. The second-order valence-electron chi connectivity index (χ2n) is 5.99. The first kappa shape index (κ1) is 20.5. The number of benzene rings is 2. The van der Waals surface area contributed by atoms with Gasteiger partial charge in [-0.15, -0.1) is 0 Å². The summed E-state index contributed by atoms with van der Waals surface area (Å²) in [5.41, 5.74) is 0.602. The van der Waals surface area contributed by atoms with Crippen molar-refractivity contribution < 1.29 is 13.2 Å². The van der Waals surface area contributed by atoms with Crippen LogP contribution in [0.2, 0.25) is 5.02 Å². The fourth-order valence-electron chi connectivity index (χ4n) is 2.54. The highest BCUT2D eigenvalue weighted by atomic mass is 35.5. The number of rotatable bonds is 6. The van der Waals surface area contributed by atoms with Crippen LogP contribution in [-0.4, -0.2) is 11.7 Å². The van der Waals surface area contributed by atoms with E-state index in [4.69, 9.17) is 23.8 Å². The Balaban J connectivity index is 1.92. The smallest absolute Gasteiger partial charge is 0.362 e. The maximum absolute atomic E-state index is 12.9. The van der Waals surface area contributed by atoms with Crippen molar-refractivity contribution >= 4 is 34.6 Å². The first-order valence-electron chi connectivity index (χ1n) is 8.25. The second kappa shape index (κ2) is 9.24. The van der Waals surface area contributed by atoms with Gasteiger partial charge in [0.2, 0.25) is 0 Å². The maximum Gasteiger partial charge on any atom is 0.417 e. The third kappa shape index (κ3) is 6.18. The van der Waals surface area contributed by atoms with Crippen molar-refractivity contribution in [2.75, 3.05) is 11.9 Å². The summed E-state index contributed by atoms with van der Waals surface area (Å²) in [6.45, 7) is 2.73. The summed E-state index contributed by atoms with van der Waals surface area (Å²) >= 11 is 10.8. The maximum atomic E-state index is 12.9. The number of alkyl halides is 3. The van der Waals surface area contributed by atoms with Gasteiger partial charge in [0.1, 0.15) is 0 Å². The third-order valence-corrected chi connectivity index (χ3v) is 4.60. The average Bonchev–Trinajstić information content (AvgIpc) is 2.60. The van der Waals surface area contributed by atoms with E-state index in [1.54, 1.807) is 0 Å². The molecular formula is C19H20ClF3N2S. The van der Waals surface area contributed by atoms with Gasteiger partial charge >= 0.3 is 6.18 Å². The lowest BCUT2D eigenvalue weighted by Crippen LogP contribution is -2.33. The summed E-state index contributed by atoms with van der Waals surface area (Å²) in [7, 11) is 0. The summed E-state index contributed by atoms with van der Waals surface area (Å²) < 4.78 is 38.7. The van der Waals surface area contributed by atoms with Crippen molar-refractivity contribution in [1.82, 2.24) is 5.32 Å². The summed E-state index contributed by atoms with van der Waals surface area (Å²) in [6.07, 6.45) is -2.64. The first-order chi connectivity index (χ1) is 12.3. The molecule has 0 radical (unpaired) electrons. The highest BCUT2D eigenvalue weighted by Crippen LogP contribution is 2.36. The molecule has 0 aliphatic carbocycles. The second-order valence-corrected chi connectivity index (χ2v) is 6.81. The van der Waals surface area contributed by atoms with E-state index in [0.29, 0.717) is 12.5 Å². The van der Waals surface area contributed by atoms with Crippen LogP contribution in [0.25, 0.3) is 0 Å². The van der Waals surface area contributed by atoms with Crippen LogP contribution in [0.15, 0.2) is 48.5 Å². The van der Waals surface area contributed by atoms with Gasteiger partial charge in [0.15, 0.2) is 5.11 Å². The zero-order valence-electron chi connectivity index (χ0n) is 14.2. The third-order valence-electron chi connectivity index (χ3n) is 4.03. The zero-order valence-corrected chi connectivity index (χ0v) is 15.8. The van der Waals surface area contributed by atoms with Gasteiger partial charge in [-0.3, -0.25) is 0 Å². The molecule has 2 aromatic rings. The molecule has 0 bridgehead atoms. The van der Waals surface area contributed by atoms with Crippen LogP contribution in [0.4, 0.5) is 18.9 Å². The molecule has 140 valence electrons. The summed E-state index contributed by atoms with van der Waals surface area (Å²) in [5.74, 6) is 0.369. The molecule has 0 saturated carbocycles. The molecule has 0 unspecified atom stereocenters. The fourth-order valence-corrected chi connectivity index (χ4v) is 2.97. The van der Waals surface area contributed by atoms with Gasteiger partial charge in [-0.2, -0.15) is 13.2 Å². The van der Waals surface area contributed by atoms with E-state index in [1.807, 2.05) is 18.2 Å². The SMILES string of the molecule is CC[C@@H](CNC(=S)Nc1ccc(Cl)c(C(F)(F)F)c1)Cc1ccccc1. The minimum atomic E-state index is -4.51. The predicted molar refractivity (Wildman–Crippen MR) is 105 cm³/mol. The van der Waals surface area contributed by atoms with Crippen molar-refractivity contribution in [3.05, 3.63) is 64.7 Å². The van der Waals surface area contributed by atoms with Gasteiger partial charge in [-0.05, 0) is 48.3 Å². The number of nitrogens with one attached hydrogen (secondary N) is 2. The largest absolute Gasteiger partial charge is 0.417 e. The molecule has 0 aliphatic rings. The summed E-state index contributed by atoms with van der Waals surface area (Å²) in [6, 6.07) is 13.8. The van der Waals surface area contributed by atoms with Gasteiger partial charge < -0.3 is 10.6 Å². The Labute approximate surface area is 161 Å². The monoisotopic (exact) mass is 400 g/mol. The van der Waals surface area contributed by atoms with E-state index >= 15 is 0 Å². The number of hydrogen-bond acceptors (Lipinski definition) is 1. The van der Waals surface area contributed by atoms with Crippen LogP contribution in [0, 0.1) is 5.92 Å². The number of thiocarbonyl (C=S) groups is 1. The van der Waals surface area contributed by atoms with E-state index in [0.717, 1.165) is 18.9 Å². The fraction of sp³-hybridized carbons (Fsp3) is 0.316. The molecule has 0 amide bonds. The molecule has 2 rings (SSSR count). The van der Waals surface area contributed by atoms with Crippen molar-refractivity contribution in [2.24, 2.45) is 5.92 Å². The van der Waals surface area contributed by atoms with E-state index in [9.17, 15) is 13.2 Å². The van der Waals surface area contributed by atoms with E-state index in [2.05, 4.69) is 29.7 Å². The Morgan fingerprint density at radius 2 is 1.85 bits per heavy atom. The normalized spacial score (nSPS) is 12.5. The first-order valence-corrected chi connectivity index (χ1v) is 9.03. The zero-order chi connectivity index (χ0) is 19.2. The van der Waals surface area contributed by atoms with Crippen LogP contribution < -0.4 is 10.6 Å². The molecule has 0 aliphatic heterocycles. The molecule has 7 heteroatoms. The Morgan fingerprint density at radius 3 is 2.46 bits per heavy atom. The number of hydrogen-bond donors (Lipinski definition) is 2. The molecule has 1 atom stereocenters. The lowest BCUT2D eigenvalue weighted by molar-refractivity contribution is -0.137. The molecule has 0 spiro atoms. The standard InChI is InChI=1S/C19H20ClF3N2S/c1-2-13(10-14-6-4-3-5-7-14)12-24-18(26)25-15-8-9-17(20)16(11-15)19(21,22)23/h3-9,11,13H,2,10,12H2,1H3,(H2,24,25,26)/t13-/m1/s1. The predicted octanol–water partition coefficient (Wildman–Crippen LogP) is 5.91. The van der Waals surface area contributed by atoms with Gasteiger partial charge in [0, 0.05) is 12.2 Å². The average molecular weight is 401 g/mol. The van der Waals surface area contributed by atoms with E-state index in [1.165, 1.54) is 17.7 Å². The highest BCUT2D eigenvalue weighted by Gasteiger charge is 2.33. The van der Waals surface area contributed by atoms with Crippen LogP contribution in [0.5, 0.6) is 0 Å². The van der Waals surface area contributed by atoms with Crippen LogP contribution >= 0.6 is 23.8 Å². The van der Waals surface area contributed by atoms with Crippen molar-refractivity contribution in [3.63, 3.8) is 0 Å². The quantitative estimate of drug-likeness (QED) is 0.589. The van der Waals surface area contributed by atoms with Crippen molar-refractivity contribution in [3.8, 4) is 0 Å². The Hall–Kier alpha value is -1.79. The van der Waals surface area contributed by atoms with Gasteiger partial charge in [0.05, 0.1) is 10.6 Å². The van der Waals surface area contributed by atoms with E-state index in [-0.39, 0.29) is 15.8 Å². The summed E-state index contributed by atoms with van der Waals surface area (Å²) in [5, 5.41) is 5.81. The van der Waals surface area contributed by atoms with Crippen molar-refractivity contribution in [1.29, 1.82) is 0 Å². The van der Waals surface area contributed by atoms with E-state index < -0.39 is 11.7 Å². The molecule has 0 fully saturated rings. The topological polar surface area (TPSA) is 24.1 Å². The molecular weight excluding hydrogens is 381 g/mol. The number of anilines is 1. The van der Waals surface area contributed by atoms with Gasteiger partial charge in [-0.25, -0.2) is 0 Å². The molecule has 26 heavy (non-hydrogen) atoms. The van der Waals surface area contributed by atoms with Crippen LogP contribution in [0.3, 0.4) is 0 Å². The molecule has 2 nitrogen and oxygen atoms in total. The van der Waals surface area contributed by atoms with Crippen molar-refractivity contribution in [2.45, 2.75) is 25.9 Å². The molecule has 0 heterocycles. The number of halogens is 4. The van der Waals surface area contributed by atoms with Gasteiger partial charge in [-0.1, -0.05) is 55.3 Å². The summed E-state index contributed by atoms with van der Waals surface area (Å²) in [4.78, 5) is 0. The minimum Gasteiger partial charge on any atom is -0.362 e. The molecule has 2 aromatic carbocycles.